The molecule has 1 aliphatic rings. The molecule has 0 spiro atoms. The van der Waals surface area contributed by atoms with E-state index in [9.17, 15) is 19.5 Å². The number of aryl methyl sites for hydroxylation is 2. The second kappa shape index (κ2) is 9.74. The number of aromatic nitrogens is 1. The summed E-state index contributed by atoms with van der Waals surface area (Å²) in [5, 5.41) is 19.2. The smallest absolute Gasteiger partial charge is 0.243 e. The van der Waals surface area contributed by atoms with Gasteiger partial charge < -0.3 is 25.2 Å². The first-order valence-electron chi connectivity index (χ1n) is 10.2. The number of likely N-dealkylation sites (tertiary alicyclic amines) is 1. The van der Waals surface area contributed by atoms with Crippen LogP contribution in [0.1, 0.15) is 29.0 Å². The van der Waals surface area contributed by atoms with E-state index in [0.29, 0.717) is 17.9 Å². The molecule has 0 aliphatic carbocycles. The number of nitrogens with zero attached hydrogens (tertiary/aromatic N) is 2. The Morgan fingerprint density at radius 2 is 1.97 bits per heavy atom. The average molecular weight is 428 g/mol. The lowest BCUT2D eigenvalue weighted by molar-refractivity contribution is -0.139. The molecule has 1 aliphatic heterocycles. The molecule has 0 bridgehead atoms. The van der Waals surface area contributed by atoms with Gasteiger partial charge in [0.15, 0.2) is 0 Å². The normalized spacial score (nSPS) is 19.2. The van der Waals surface area contributed by atoms with Gasteiger partial charge in [0.05, 0.1) is 18.2 Å². The highest BCUT2D eigenvalue weighted by Crippen LogP contribution is 2.20. The van der Waals surface area contributed by atoms with Crippen molar-refractivity contribution in [2.45, 2.75) is 51.3 Å². The van der Waals surface area contributed by atoms with Crippen molar-refractivity contribution in [3.05, 3.63) is 52.9 Å². The lowest BCUT2D eigenvalue weighted by Crippen LogP contribution is -2.53. The molecule has 2 aromatic rings. The van der Waals surface area contributed by atoms with Gasteiger partial charge in [0.25, 0.3) is 0 Å². The minimum absolute atomic E-state index is 0.0483. The summed E-state index contributed by atoms with van der Waals surface area (Å²) in [5.41, 5.74) is 2.66. The van der Waals surface area contributed by atoms with E-state index in [2.05, 4.69) is 15.8 Å². The SMILES string of the molecule is CNC(=O)[C@@H](Cc1ccc(C)cc1)NC(=O)[C@@H]1C[C@@H](O)CN1C(=O)Cc1cc(C)no1. The Morgan fingerprint density at radius 1 is 1.26 bits per heavy atom. The lowest BCUT2D eigenvalue weighted by Gasteiger charge is -2.26. The number of amides is 3. The molecule has 2 heterocycles. The van der Waals surface area contributed by atoms with Gasteiger partial charge in [0, 0.05) is 32.5 Å². The molecule has 31 heavy (non-hydrogen) atoms. The Balaban J connectivity index is 1.70. The second-order valence-electron chi connectivity index (χ2n) is 7.93. The van der Waals surface area contributed by atoms with Crippen LogP contribution in [0.4, 0.5) is 0 Å². The van der Waals surface area contributed by atoms with Gasteiger partial charge in [-0.3, -0.25) is 14.4 Å². The van der Waals surface area contributed by atoms with Crippen molar-refractivity contribution in [2.75, 3.05) is 13.6 Å². The van der Waals surface area contributed by atoms with Crippen molar-refractivity contribution in [1.82, 2.24) is 20.7 Å². The van der Waals surface area contributed by atoms with Gasteiger partial charge in [-0.05, 0) is 19.4 Å². The molecule has 166 valence electrons. The van der Waals surface area contributed by atoms with Crippen molar-refractivity contribution in [2.24, 2.45) is 0 Å². The number of benzene rings is 1. The maximum Gasteiger partial charge on any atom is 0.243 e. The van der Waals surface area contributed by atoms with Gasteiger partial charge in [-0.2, -0.15) is 0 Å². The van der Waals surface area contributed by atoms with Crippen LogP contribution in [0.3, 0.4) is 0 Å². The van der Waals surface area contributed by atoms with Gasteiger partial charge in [-0.25, -0.2) is 0 Å². The van der Waals surface area contributed by atoms with E-state index in [1.165, 1.54) is 11.9 Å². The Bertz CT molecular complexity index is 940. The van der Waals surface area contributed by atoms with Crippen LogP contribution in [-0.2, 0) is 27.2 Å². The largest absolute Gasteiger partial charge is 0.391 e. The summed E-state index contributed by atoms with van der Waals surface area (Å²) in [5.74, 6) is -0.754. The molecule has 3 atom stereocenters. The third kappa shape index (κ3) is 5.69. The number of carbonyl (C=O) groups excluding carboxylic acids is 3. The molecule has 3 amide bonds. The van der Waals surface area contributed by atoms with Crippen molar-refractivity contribution in [3.63, 3.8) is 0 Å². The predicted molar refractivity (Wildman–Crippen MR) is 112 cm³/mol. The fourth-order valence-corrected chi connectivity index (χ4v) is 3.70. The molecule has 1 saturated heterocycles. The van der Waals surface area contributed by atoms with Gasteiger partial charge in [0.2, 0.25) is 17.7 Å². The van der Waals surface area contributed by atoms with Crippen molar-refractivity contribution < 1.29 is 24.0 Å². The number of β-amino-alcohol motifs (C(OH)–C–C–N with tert-alkyl or cyclic N) is 1. The van der Waals surface area contributed by atoms with Crippen LogP contribution in [0.2, 0.25) is 0 Å². The third-order valence-electron chi connectivity index (χ3n) is 5.34. The molecule has 9 nitrogen and oxygen atoms in total. The number of aliphatic hydroxyl groups excluding tert-OH is 1. The third-order valence-corrected chi connectivity index (χ3v) is 5.34. The number of aliphatic hydroxyl groups is 1. The fourth-order valence-electron chi connectivity index (χ4n) is 3.70. The van der Waals surface area contributed by atoms with Crippen LogP contribution in [0.5, 0.6) is 0 Å². The molecule has 1 aromatic carbocycles. The standard InChI is InChI=1S/C22H28N4O5/c1-13-4-6-15(7-5-13)9-18(21(29)23-3)24-22(30)19-10-16(27)12-26(19)20(28)11-17-8-14(2)25-31-17/h4-8,16,18-19,27H,9-12H2,1-3H3,(H,23,29)(H,24,30)/t16-,18-,19+/m1/s1. The highest BCUT2D eigenvalue weighted by Gasteiger charge is 2.40. The van der Waals surface area contributed by atoms with Crippen molar-refractivity contribution in [3.8, 4) is 0 Å². The first kappa shape index (κ1) is 22.5. The summed E-state index contributed by atoms with van der Waals surface area (Å²) in [4.78, 5) is 39.5. The zero-order chi connectivity index (χ0) is 22.5. The number of likely N-dealkylation sites (N-methyl/N-ethyl adjacent to an activating group) is 1. The first-order valence-corrected chi connectivity index (χ1v) is 10.2. The average Bonchev–Trinajstić information content (AvgIpc) is 3.33. The molecule has 0 unspecified atom stereocenters. The molecular weight excluding hydrogens is 400 g/mol. The zero-order valence-corrected chi connectivity index (χ0v) is 17.9. The Morgan fingerprint density at radius 3 is 2.58 bits per heavy atom. The highest BCUT2D eigenvalue weighted by molar-refractivity contribution is 5.92. The van der Waals surface area contributed by atoms with Crippen LogP contribution in [0.15, 0.2) is 34.9 Å². The van der Waals surface area contributed by atoms with Crippen LogP contribution < -0.4 is 10.6 Å². The van der Waals surface area contributed by atoms with Crippen LogP contribution in [-0.4, -0.2) is 64.7 Å². The summed E-state index contributed by atoms with van der Waals surface area (Å²) >= 11 is 0. The van der Waals surface area contributed by atoms with Gasteiger partial charge in [0.1, 0.15) is 17.8 Å². The topological polar surface area (TPSA) is 125 Å². The van der Waals surface area contributed by atoms with E-state index in [1.54, 1.807) is 13.0 Å². The molecule has 0 saturated carbocycles. The van der Waals surface area contributed by atoms with E-state index in [-0.39, 0.29) is 31.2 Å². The Kier molecular flexibility index (Phi) is 7.06. The number of hydrogen-bond donors (Lipinski definition) is 3. The number of hydrogen-bond acceptors (Lipinski definition) is 6. The maximum absolute atomic E-state index is 13.0. The van der Waals surface area contributed by atoms with Crippen molar-refractivity contribution in [1.29, 1.82) is 0 Å². The van der Waals surface area contributed by atoms with E-state index in [4.69, 9.17) is 4.52 Å². The summed E-state index contributed by atoms with van der Waals surface area (Å²) in [6.45, 7) is 3.77. The van der Waals surface area contributed by atoms with Crippen LogP contribution in [0, 0.1) is 13.8 Å². The quantitative estimate of drug-likeness (QED) is 0.581. The fraction of sp³-hybridized carbons (Fsp3) is 0.455. The molecule has 9 heteroatoms. The number of rotatable bonds is 7. The van der Waals surface area contributed by atoms with E-state index in [0.717, 1.165) is 11.1 Å². The van der Waals surface area contributed by atoms with Gasteiger partial charge in [-0.1, -0.05) is 35.0 Å². The van der Waals surface area contributed by atoms with Crippen molar-refractivity contribution >= 4 is 17.7 Å². The highest BCUT2D eigenvalue weighted by atomic mass is 16.5. The summed E-state index contributed by atoms with van der Waals surface area (Å²) in [6, 6.07) is 7.69. The molecule has 3 rings (SSSR count). The molecule has 3 N–H and O–H groups in total. The maximum atomic E-state index is 13.0. The minimum Gasteiger partial charge on any atom is -0.391 e. The van der Waals surface area contributed by atoms with E-state index < -0.39 is 24.1 Å². The van der Waals surface area contributed by atoms with Crippen LogP contribution >= 0.6 is 0 Å². The zero-order valence-electron chi connectivity index (χ0n) is 17.9. The molecule has 1 fully saturated rings. The van der Waals surface area contributed by atoms with Crippen LogP contribution in [0.25, 0.3) is 0 Å². The Hall–Kier alpha value is -3.20. The molecule has 0 radical (unpaired) electrons. The Labute approximate surface area is 180 Å². The summed E-state index contributed by atoms with van der Waals surface area (Å²) in [6.07, 6.45) is -0.448. The minimum atomic E-state index is -0.864. The molecule has 1 aromatic heterocycles. The van der Waals surface area contributed by atoms with E-state index >= 15 is 0 Å². The second-order valence-corrected chi connectivity index (χ2v) is 7.93. The van der Waals surface area contributed by atoms with Gasteiger partial charge in [-0.15, -0.1) is 0 Å². The molecular formula is C22H28N4O5. The number of carbonyl (C=O) groups is 3. The lowest BCUT2D eigenvalue weighted by atomic mass is 10.0. The van der Waals surface area contributed by atoms with E-state index in [1.807, 2.05) is 31.2 Å². The number of nitrogens with one attached hydrogen (secondary N) is 2. The first-order chi connectivity index (χ1) is 14.8. The van der Waals surface area contributed by atoms with Gasteiger partial charge >= 0.3 is 0 Å². The summed E-state index contributed by atoms with van der Waals surface area (Å²) in [7, 11) is 1.51. The predicted octanol–water partition coefficient (Wildman–Crippen LogP) is 0.269. The summed E-state index contributed by atoms with van der Waals surface area (Å²) < 4.78 is 5.09. The monoisotopic (exact) mass is 428 g/mol.